The van der Waals surface area contributed by atoms with Crippen molar-refractivity contribution >= 4 is 0 Å². The normalized spacial score (nSPS) is 13.2. The van der Waals surface area contributed by atoms with Crippen LogP contribution in [0.1, 0.15) is 25.5 Å². The number of rotatable bonds is 4. The predicted octanol–water partition coefficient (Wildman–Crippen LogP) is 1.01. The number of nitrogens with zero attached hydrogens (tertiary/aromatic N) is 2. The molecule has 4 nitrogen and oxygen atoms in total. The third kappa shape index (κ3) is 3.31. The summed E-state index contributed by atoms with van der Waals surface area (Å²) in [4.78, 5) is 3.96. The third-order valence-corrected chi connectivity index (χ3v) is 2.08. The van der Waals surface area contributed by atoms with Crippen molar-refractivity contribution in [1.29, 1.82) is 5.26 Å². The summed E-state index contributed by atoms with van der Waals surface area (Å²) >= 11 is 0. The molecule has 0 aliphatic carbocycles. The van der Waals surface area contributed by atoms with Crippen LogP contribution in [0.5, 0.6) is 0 Å². The van der Waals surface area contributed by atoms with E-state index in [1.165, 1.54) is 0 Å². The molecule has 0 aliphatic heterocycles. The van der Waals surface area contributed by atoms with Crippen LogP contribution in [-0.4, -0.2) is 22.2 Å². The first-order valence-corrected chi connectivity index (χ1v) is 4.77. The van der Waals surface area contributed by atoms with E-state index in [-0.39, 0.29) is 6.61 Å². The molecule has 80 valence electrons. The van der Waals surface area contributed by atoms with Gasteiger partial charge in [0.2, 0.25) is 0 Å². The molecule has 0 aromatic carbocycles. The van der Waals surface area contributed by atoms with Gasteiger partial charge >= 0.3 is 0 Å². The van der Waals surface area contributed by atoms with Crippen LogP contribution in [0.25, 0.3) is 0 Å². The van der Waals surface area contributed by atoms with Gasteiger partial charge in [0.05, 0.1) is 12.7 Å². The van der Waals surface area contributed by atoms with E-state index in [4.69, 9.17) is 10.4 Å². The SMILES string of the molecule is CC(C)(CO)NC(C#N)c1cccnc1. The Kier molecular flexibility index (Phi) is 3.78. The first-order valence-electron chi connectivity index (χ1n) is 4.77. The van der Waals surface area contributed by atoms with Crippen molar-refractivity contribution in [2.75, 3.05) is 6.61 Å². The van der Waals surface area contributed by atoms with Crippen LogP contribution in [-0.2, 0) is 0 Å². The minimum Gasteiger partial charge on any atom is -0.394 e. The van der Waals surface area contributed by atoms with Crippen molar-refractivity contribution in [2.24, 2.45) is 0 Å². The Bertz CT molecular complexity index is 343. The van der Waals surface area contributed by atoms with Gasteiger partial charge in [-0.2, -0.15) is 5.26 Å². The summed E-state index contributed by atoms with van der Waals surface area (Å²) in [7, 11) is 0. The highest BCUT2D eigenvalue weighted by Crippen LogP contribution is 2.14. The fraction of sp³-hybridized carbons (Fsp3) is 0.455. The van der Waals surface area contributed by atoms with Gasteiger partial charge in [-0.05, 0) is 19.9 Å². The van der Waals surface area contributed by atoms with Crippen LogP contribution in [0, 0.1) is 11.3 Å². The summed E-state index contributed by atoms with van der Waals surface area (Å²) in [6, 6.07) is 5.32. The van der Waals surface area contributed by atoms with Crippen LogP contribution in [0.4, 0.5) is 0 Å². The molecule has 0 aliphatic rings. The second kappa shape index (κ2) is 4.87. The van der Waals surface area contributed by atoms with Crippen LogP contribution in [0.2, 0.25) is 0 Å². The molecule has 0 saturated carbocycles. The predicted molar refractivity (Wildman–Crippen MR) is 56.9 cm³/mol. The Balaban J connectivity index is 2.79. The molecule has 0 fully saturated rings. The lowest BCUT2D eigenvalue weighted by Crippen LogP contribution is -2.44. The van der Waals surface area contributed by atoms with Crippen LogP contribution >= 0.6 is 0 Å². The van der Waals surface area contributed by atoms with Gasteiger partial charge in [0.25, 0.3) is 0 Å². The number of hydrogen-bond donors (Lipinski definition) is 2. The second-order valence-electron chi connectivity index (χ2n) is 4.03. The molecule has 0 amide bonds. The summed E-state index contributed by atoms with van der Waals surface area (Å²) in [5.74, 6) is 0. The summed E-state index contributed by atoms with van der Waals surface area (Å²) in [5.41, 5.74) is 0.331. The Hall–Kier alpha value is -1.44. The maximum atomic E-state index is 9.10. The van der Waals surface area contributed by atoms with Crippen molar-refractivity contribution < 1.29 is 5.11 Å². The number of pyridine rings is 1. The van der Waals surface area contributed by atoms with Crippen molar-refractivity contribution in [3.8, 4) is 6.07 Å². The molecular formula is C11H15N3O. The summed E-state index contributed by atoms with van der Waals surface area (Å²) in [6.07, 6.45) is 3.31. The number of hydrogen-bond acceptors (Lipinski definition) is 4. The van der Waals surface area contributed by atoms with E-state index in [9.17, 15) is 0 Å². The monoisotopic (exact) mass is 205 g/mol. The molecular weight excluding hydrogens is 190 g/mol. The molecule has 1 atom stereocenters. The Labute approximate surface area is 89.6 Å². The largest absolute Gasteiger partial charge is 0.394 e. The van der Waals surface area contributed by atoms with E-state index in [1.807, 2.05) is 19.9 Å². The number of aliphatic hydroxyl groups excluding tert-OH is 1. The molecule has 0 saturated heterocycles. The van der Waals surface area contributed by atoms with Crippen LogP contribution in [0.15, 0.2) is 24.5 Å². The quantitative estimate of drug-likeness (QED) is 0.769. The Morgan fingerprint density at radius 3 is 2.87 bits per heavy atom. The van der Waals surface area contributed by atoms with Gasteiger partial charge in [-0.15, -0.1) is 0 Å². The fourth-order valence-electron chi connectivity index (χ4n) is 1.17. The molecule has 1 unspecified atom stereocenters. The van der Waals surface area contributed by atoms with Gasteiger partial charge in [-0.1, -0.05) is 6.07 Å². The summed E-state index contributed by atoms with van der Waals surface area (Å²) in [5, 5.41) is 21.2. The average Bonchev–Trinajstić information content (AvgIpc) is 2.27. The van der Waals surface area contributed by atoms with Crippen molar-refractivity contribution in [3.05, 3.63) is 30.1 Å². The zero-order valence-corrected chi connectivity index (χ0v) is 8.94. The number of aromatic nitrogens is 1. The zero-order chi connectivity index (χ0) is 11.3. The van der Waals surface area contributed by atoms with Crippen LogP contribution < -0.4 is 5.32 Å². The first-order chi connectivity index (χ1) is 7.09. The molecule has 1 heterocycles. The van der Waals surface area contributed by atoms with Gasteiger partial charge in [-0.25, -0.2) is 0 Å². The van der Waals surface area contributed by atoms with E-state index in [0.717, 1.165) is 5.56 Å². The summed E-state index contributed by atoms with van der Waals surface area (Å²) in [6.45, 7) is 3.66. The highest BCUT2D eigenvalue weighted by molar-refractivity contribution is 5.20. The molecule has 4 heteroatoms. The van der Waals surface area contributed by atoms with Crippen LogP contribution in [0.3, 0.4) is 0 Å². The smallest absolute Gasteiger partial charge is 0.123 e. The molecule has 0 radical (unpaired) electrons. The third-order valence-electron chi connectivity index (χ3n) is 2.08. The zero-order valence-electron chi connectivity index (χ0n) is 8.94. The molecule has 2 N–H and O–H groups in total. The molecule has 15 heavy (non-hydrogen) atoms. The van der Waals surface area contributed by atoms with E-state index >= 15 is 0 Å². The summed E-state index contributed by atoms with van der Waals surface area (Å²) < 4.78 is 0. The van der Waals surface area contributed by atoms with Gasteiger partial charge in [0, 0.05) is 23.5 Å². The standard InChI is InChI=1S/C11H15N3O/c1-11(2,8-15)14-10(6-12)9-4-3-5-13-7-9/h3-5,7,10,14-15H,8H2,1-2H3. The van der Waals surface area contributed by atoms with Crippen molar-refractivity contribution in [3.63, 3.8) is 0 Å². The lowest BCUT2D eigenvalue weighted by atomic mass is 10.0. The van der Waals surface area contributed by atoms with E-state index in [0.29, 0.717) is 0 Å². The lowest BCUT2D eigenvalue weighted by molar-refractivity contribution is 0.182. The molecule has 1 aromatic rings. The minimum atomic E-state index is -0.476. The lowest BCUT2D eigenvalue weighted by Gasteiger charge is -2.26. The van der Waals surface area contributed by atoms with Gasteiger partial charge in [0.1, 0.15) is 6.04 Å². The topological polar surface area (TPSA) is 68.9 Å². The highest BCUT2D eigenvalue weighted by Gasteiger charge is 2.22. The number of aliphatic hydroxyl groups is 1. The molecule has 0 spiro atoms. The van der Waals surface area contributed by atoms with Gasteiger partial charge in [0.15, 0.2) is 0 Å². The number of nitriles is 1. The van der Waals surface area contributed by atoms with Gasteiger partial charge < -0.3 is 5.11 Å². The number of nitrogens with one attached hydrogen (secondary N) is 1. The average molecular weight is 205 g/mol. The minimum absolute atomic E-state index is 0.0224. The maximum Gasteiger partial charge on any atom is 0.123 e. The Morgan fingerprint density at radius 1 is 1.67 bits per heavy atom. The van der Waals surface area contributed by atoms with Crippen molar-refractivity contribution in [2.45, 2.75) is 25.4 Å². The second-order valence-corrected chi connectivity index (χ2v) is 4.03. The van der Waals surface area contributed by atoms with E-state index in [2.05, 4.69) is 16.4 Å². The van der Waals surface area contributed by atoms with Gasteiger partial charge in [-0.3, -0.25) is 10.3 Å². The highest BCUT2D eigenvalue weighted by atomic mass is 16.3. The molecule has 0 bridgehead atoms. The first kappa shape index (κ1) is 11.6. The molecule has 1 rings (SSSR count). The van der Waals surface area contributed by atoms with Crippen molar-refractivity contribution in [1.82, 2.24) is 10.3 Å². The maximum absolute atomic E-state index is 9.10. The fourth-order valence-corrected chi connectivity index (χ4v) is 1.17. The molecule has 1 aromatic heterocycles. The Morgan fingerprint density at radius 2 is 2.40 bits per heavy atom. The van der Waals surface area contributed by atoms with E-state index in [1.54, 1.807) is 18.5 Å². The van der Waals surface area contributed by atoms with E-state index < -0.39 is 11.6 Å².